The third kappa shape index (κ3) is 5.98. The lowest BCUT2D eigenvalue weighted by atomic mass is 9.99. The van der Waals surface area contributed by atoms with E-state index in [1.807, 2.05) is 91.0 Å². The van der Waals surface area contributed by atoms with E-state index in [4.69, 9.17) is 9.47 Å². The third-order valence-electron chi connectivity index (χ3n) is 6.65. The zero-order valence-electron chi connectivity index (χ0n) is 21.3. The van der Waals surface area contributed by atoms with Gasteiger partial charge in [-0.05, 0) is 16.7 Å². The van der Waals surface area contributed by atoms with E-state index in [9.17, 15) is 19.2 Å². The molecule has 2 amide bonds. The number of fused-ring (bicyclic) bond motifs is 1. The molecule has 0 saturated carbocycles. The van der Waals surface area contributed by atoms with E-state index in [1.165, 1.54) is 23.6 Å². The first-order valence-corrected chi connectivity index (χ1v) is 13.6. The molecule has 200 valence electrons. The van der Waals surface area contributed by atoms with Crippen LogP contribution in [0.2, 0.25) is 0 Å². The Kier molecular flexibility index (Phi) is 7.97. The number of amides is 2. The van der Waals surface area contributed by atoms with Gasteiger partial charge in [-0.2, -0.15) is 0 Å². The lowest BCUT2D eigenvalue weighted by Gasteiger charge is -2.53. The second-order valence-corrected chi connectivity index (χ2v) is 10.7. The SMILES string of the molecule is CC(=O)OC1CC(C(=O)OC(c2ccccc2)c2ccccc2)N2C(=O)[C@@H](NC(=O)Cc3ccccc3)[C@H]2S1. The van der Waals surface area contributed by atoms with Gasteiger partial charge < -0.3 is 19.7 Å². The number of rotatable bonds is 8. The molecule has 3 aromatic carbocycles. The van der Waals surface area contributed by atoms with Gasteiger partial charge in [0.15, 0.2) is 11.5 Å². The fourth-order valence-corrected chi connectivity index (χ4v) is 6.38. The first-order valence-electron chi connectivity index (χ1n) is 12.7. The Labute approximate surface area is 230 Å². The maximum Gasteiger partial charge on any atom is 0.330 e. The predicted octanol–water partition coefficient (Wildman–Crippen LogP) is 3.61. The number of esters is 2. The molecule has 2 aliphatic rings. The van der Waals surface area contributed by atoms with Gasteiger partial charge in [-0.25, -0.2) is 4.79 Å². The largest absolute Gasteiger partial charge is 0.451 e. The van der Waals surface area contributed by atoms with Gasteiger partial charge in [0.25, 0.3) is 0 Å². The molecule has 39 heavy (non-hydrogen) atoms. The number of nitrogens with zero attached hydrogens (tertiary/aromatic N) is 1. The molecule has 0 aliphatic carbocycles. The quantitative estimate of drug-likeness (QED) is 0.342. The molecule has 2 heterocycles. The van der Waals surface area contributed by atoms with Crippen LogP contribution in [-0.2, 0) is 35.1 Å². The summed E-state index contributed by atoms with van der Waals surface area (Å²) in [6.45, 7) is 1.30. The number of benzene rings is 3. The van der Waals surface area contributed by atoms with E-state index >= 15 is 0 Å². The van der Waals surface area contributed by atoms with Gasteiger partial charge in [-0.3, -0.25) is 14.4 Å². The fourth-order valence-electron chi connectivity index (χ4n) is 4.86. The van der Waals surface area contributed by atoms with E-state index in [0.717, 1.165) is 16.7 Å². The number of carbonyl (C=O) groups excluding carboxylic acids is 4. The van der Waals surface area contributed by atoms with Crippen molar-refractivity contribution in [3.8, 4) is 0 Å². The number of carbonyl (C=O) groups is 4. The van der Waals surface area contributed by atoms with Crippen LogP contribution < -0.4 is 5.32 Å². The summed E-state index contributed by atoms with van der Waals surface area (Å²) in [7, 11) is 0. The van der Waals surface area contributed by atoms with Gasteiger partial charge >= 0.3 is 11.9 Å². The van der Waals surface area contributed by atoms with Crippen molar-refractivity contribution in [2.75, 3.05) is 0 Å². The number of hydrogen-bond acceptors (Lipinski definition) is 7. The van der Waals surface area contributed by atoms with E-state index in [1.54, 1.807) is 0 Å². The highest BCUT2D eigenvalue weighted by atomic mass is 32.2. The Morgan fingerprint density at radius 1 is 0.923 bits per heavy atom. The van der Waals surface area contributed by atoms with Crippen LogP contribution in [0.5, 0.6) is 0 Å². The Hall–Kier alpha value is -4.11. The first kappa shape index (κ1) is 26.5. The predicted molar refractivity (Wildman–Crippen MR) is 145 cm³/mol. The van der Waals surface area contributed by atoms with Crippen LogP contribution in [0.1, 0.15) is 36.1 Å². The van der Waals surface area contributed by atoms with Crippen LogP contribution in [0, 0.1) is 0 Å². The summed E-state index contributed by atoms with van der Waals surface area (Å²) in [5.74, 6) is -1.76. The van der Waals surface area contributed by atoms with Crippen molar-refractivity contribution in [1.82, 2.24) is 10.2 Å². The minimum Gasteiger partial charge on any atom is -0.451 e. The monoisotopic (exact) mass is 544 g/mol. The summed E-state index contributed by atoms with van der Waals surface area (Å²) in [6.07, 6.45) is -0.471. The molecule has 0 radical (unpaired) electrons. The molecule has 3 aromatic rings. The van der Waals surface area contributed by atoms with Gasteiger partial charge in [-0.1, -0.05) is 103 Å². The average Bonchev–Trinajstić information content (AvgIpc) is 2.95. The van der Waals surface area contributed by atoms with Crippen molar-refractivity contribution in [2.24, 2.45) is 0 Å². The highest BCUT2D eigenvalue weighted by Gasteiger charge is 2.58. The summed E-state index contributed by atoms with van der Waals surface area (Å²) < 4.78 is 11.5. The number of hydrogen-bond donors (Lipinski definition) is 1. The minimum atomic E-state index is -0.967. The van der Waals surface area contributed by atoms with Crippen molar-refractivity contribution in [3.05, 3.63) is 108 Å². The topological polar surface area (TPSA) is 102 Å². The second-order valence-electron chi connectivity index (χ2n) is 9.41. The van der Waals surface area contributed by atoms with Crippen molar-refractivity contribution in [1.29, 1.82) is 0 Å². The van der Waals surface area contributed by atoms with E-state index in [0.29, 0.717) is 0 Å². The molecule has 8 nitrogen and oxygen atoms in total. The average molecular weight is 545 g/mol. The van der Waals surface area contributed by atoms with Gasteiger partial charge in [-0.15, -0.1) is 0 Å². The molecule has 0 bridgehead atoms. The van der Waals surface area contributed by atoms with Crippen LogP contribution in [-0.4, -0.2) is 51.5 Å². The first-order chi connectivity index (χ1) is 18.9. The molecule has 0 spiro atoms. The van der Waals surface area contributed by atoms with Crippen molar-refractivity contribution < 1.29 is 28.7 Å². The lowest BCUT2D eigenvalue weighted by molar-refractivity contribution is -0.171. The summed E-state index contributed by atoms with van der Waals surface area (Å²) >= 11 is 1.24. The summed E-state index contributed by atoms with van der Waals surface area (Å²) in [4.78, 5) is 52.8. The molecule has 2 saturated heterocycles. The molecule has 5 rings (SSSR count). The van der Waals surface area contributed by atoms with E-state index in [-0.39, 0.29) is 24.7 Å². The normalized spacial score (nSPS) is 21.9. The van der Waals surface area contributed by atoms with Gasteiger partial charge in [0.05, 0.1) is 6.42 Å². The number of thioether (sulfide) groups is 1. The van der Waals surface area contributed by atoms with Crippen LogP contribution in [0.25, 0.3) is 0 Å². The molecular formula is C30H28N2O6S. The highest BCUT2D eigenvalue weighted by Crippen LogP contribution is 2.43. The Morgan fingerprint density at radius 3 is 2.05 bits per heavy atom. The maximum absolute atomic E-state index is 13.6. The lowest BCUT2D eigenvalue weighted by Crippen LogP contribution is -2.75. The molecule has 4 atom stereocenters. The number of nitrogens with one attached hydrogen (secondary N) is 1. The second kappa shape index (κ2) is 11.7. The number of ether oxygens (including phenoxy) is 2. The molecule has 1 N–H and O–H groups in total. The van der Waals surface area contributed by atoms with Crippen LogP contribution in [0.15, 0.2) is 91.0 Å². The molecule has 0 aromatic heterocycles. The zero-order chi connectivity index (χ0) is 27.4. The van der Waals surface area contributed by atoms with Gasteiger partial charge in [0.1, 0.15) is 17.5 Å². The van der Waals surface area contributed by atoms with E-state index in [2.05, 4.69) is 5.32 Å². The van der Waals surface area contributed by atoms with Crippen LogP contribution in [0.3, 0.4) is 0 Å². The molecule has 2 aliphatic heterocycles. The maximum atomic E-state index is 13.6. The van der Waals surface area contributed by atoms with Crippen molar-refractivity contribution >= 4 is 35.5 Å². The summed E-state index contributed by atoms with van der Waals surface area (Å²) in [5, 5.41) is 2.23. The Morgan fingerprint density at radius 2 is 1.49 bits per heavy atom. The van der Waals surface area contributed by atoms with Gasteiger partial charge in [0.2, 0.25) is 11.8 Å². The van der Waals surface area contributed by atoms with Gasteiger partial charge in [0, 0.05) is 13.3 Å². The Balaban J connectivity index is 1.35. The summed E-state index contributed by atoms with van der Waals surface area (Å²) in [5.41, 5.74) is 1.73. The number of β-lactam (4-membered cyclic amide) rings is 1. The molecule has 2 fully saturated rings. The summed E-state index contributed by atoms with van der Waals surface area (Å²) in [6, 6.07) is 26.1. The smallest absolute Gasteiger partial charge is 0.330 e. The molecule has 2 unspecified atom stereocenters. The Bertz CT molecular complexity index is 1300. The van der Waals surface area contributed by atoms with Crippen molar-refractivity contribution in [3.63, 3.8) is 0 Å². The van der Waals surface area contributed by atoms with Crippen LogP contribution >= 0.6 is 11.8 Å². The van der Waals surface area contributed by atoms with Crippen LogP contribution in [0.4, 0.5) is 0 Å². The fraction of sp³-hybridized carbons (Fsp3) is 0.267. The molecule has 9 heteroatoms. The van der Waals surface area contributed by atoms with Crippen molar-refractivity contribution in [2.45, 2.75) is 48.8 Å². The molecular weight excluding hydrogens is 516 g/mol. The highest BCUT2D eigenvalue weighted by molar-refractivity contribution is 8.00. The minimum absolute atomic E-state index is 0.0896. The third-order valence-corrected chi connectivity index (χ3v) is 8.03. The zero-order valence-corrected chi connectivity index (χ0v) is 22.1. The standard InChI is InChI=1S/C30H28N2O6S/c1-19(33)37-25-18-23(30(36)38-27(21-13-7-3-8-14-21)22-15-9-4-10-16-22)32-28(35)26(29(32)39-25)31-24(34)17-20-11-5-2-6-12-20/h2-16,23,25-27,29H,17-18H2,1H3,(H,31,34)/t23?,25?,26-,29-/m1/s1. The van der Waals surface area contributed by atoms with E-state index < -0.39 is 40.9 Å².